The predicted octanol–water partition coefficient (Wildman–Crippen LogP) is 3.66. The van der Waals surface area contributed by atoms with E-state index in [1.54, 1.807) is 0 Å². The first-order valence-electron chi connectivity index (χ1n) is 8.34. The molecule has 4 heteroatoms. The van der Waals surface area contributed by atoms with Crippen molar-refractivity contribution >= 4 is 0 Å². The average molecular weight is 319 g/mol. The van der Waals surface area contributed by atoms with Crippen LogP contribution >= 0.6 is 0 Å². The highest BCUT2D eigenvalue weighted by atomic mass is 16.5. The zero-order chi connectivity index (χ0) is 16.4. The van der Waals surface area contributed by atoms with Crippen LogP contribution in [0.1, 0.15) is 18.1 Å². The van der Waals surface area contributed by atoms with Crippen molar-refractivity contribution < 1.29 is 4.74 Å². The second kappa shape index (κ2) is 6.49. The Bertz CT molecular complexity index is 813. The SMILES string of the molecule is CC1CN(Cc2cnn(-c3ccccc3)c2)Cc2ccccc2O1. The van der Waals surface area contributed by atoms with Crippen LogP contribution in [0.2, 0.25) is 0 Å². The second-order valence-corrected chi connectivity index (χ2v) is 6.33. The Kier molecular flexibility index (Phi) is 4.05. The van der Waals surface area contributed by atoms with E-state index in [-0.39, 0.29) is 6.10 Å². The molecule has 0 N–H and O–H groups in total. The molecule has 0 spiro atoms. The van der Waals surface area contributed by atoms with E-state index in [1.807, 2.05) is 35.1 Å². The zero-order valence-corrected chi connectivity index (χ0v) is 13.8. The van der Waals surface area contributed by atoms with Crippen molar-refractivity contribution in [2.45, 2.75) is 26.1 Å². The van der Waals surface area contributed by atoms with E-state index in [0.717, 1.165) is 31.1 Å². The van der Waals surface area contributed by atoms with E-state index in [9.17, 15) is 0 Å². The maximum atomic E-state index is 6.04. The van der Waals surface area contributed by atoms with Crippen molar-refractivity contribution in [3.8, 4) is 11.4 Å². The average Bonchev–Trinajstić information content (AvgIpc) is 2.99. The molecule has 3 aromatic rings. The van der Waals surface area contributed by atoms with Gasteiger partial charge < -0.3 is 4.74 Å². The fraction of sp³-hybridized carbons (Fsp3) is 0.250. The van der Waals surface area contributed by atoms with Gasteiger partial charge in [0.1, 0.15) is 11.9 Å². The van der Waals surface area contributed by atoms with Gasteiger partial charge in [-0.05, 0) is 25.1 Å². The third kappa shape index (κ3) is 3.19. The van der Waals surface area contributed by atoms with E-state index in [0.29, 0.717) is 0 Å². The number of ether oxygens (including phenoxy) is 1. The first kappa shape index (κ1) is 15.0. The van der Waals surface area contributed by atoms with Gasteiger partial charge in [-0.15, -0.1) is 0 Å². The highest BCUT2D eigenvalue weighted by Gasteiger charge is 2.20. The van der Waals surface area contributed by atoms with Crippen molar-refractivity contribution in [1.82, 2.24) is 14.7 Å². The second-order valence-electron chi connectivity index (χ2n) is 6.33. The summed E-state index contributed by atoms with van der Waals surface area (Å²) >= 11 is 0. The lowest BCUT2D eigenvalue weighted by Gasteiger charge is -2.21. The van der Waals surface area contributed by atoms with Gasteiger partial charge in [-0.1, -0.05) is 36.4 Å². The molecule has 2 aromatic carbocycles. The van der Waals surface area contributed by atoms with Gasteiger partial charge in [0.05, 0.1) is 11.9 Å². The molecule has 1 unspecified atom stereocenters. The van der Waals surface area contributed by atoms with E-state index in [2.05, 4.69) is 53.5 Å². The molecule has 0 saturated heterocycles. The Balaban J connectivity index is 1.52. The van der Waals surface area contributed by atoms with Gasteiger partial charge in [-0.2, -0.15) is 5.10 Å². The van der Waals surface area contributed by atoms with Crippen LogP contribution < -0.4 is 4.74 Å². The molecule has 1 aromatic heterocycles. The number of aromatic nitrogens is 2. The summed E-state index contributed by atoms with van der Waals surface area (Å²) < 4.78 is 7.97. The van der Waals surface area contributed by atoms with Crippen molar-refractivity contribution in [3.05, 3.63) is 78.1 Å². The smallest absolute Gasteiger partial charge is 0.124 e. The van der Waals surface area contributed by atoms with Gasteiger partial charge in [0.15, 0.2) is 0 Å². The lowest BCUT2D eigenvalue weighted by atomic mass is 10.2. The van der Waals surface area contributed by atoms with Crippen molar-refractivity contribution in [3.63, 3.8) is 0 Å². The molecule has 0 amide bonds. The van der Waals surface area contributed by atoms with Crippen LogP contribution in [0.5, 0.6) is 5.75 Å². The summed E-state index contributed by atoms with van der Waals surface area (Å²) in [5, 5.41) is 4.50. The molecule has 24 heavy (non-hydrogen) atoms. The Morgan fingerprint density at radius 2 is 1.88 bits per heavy atom. The highest BCUT2D eigenvalue weighted by Crippen LogP contribution is 2.25. The summed E-state index contributed by atoms with van der Waals surface area (Å²) in [6.07, 6.45) is 4.24. The van der Waals surface area contributed by atoms with E-state index < -0.39 is 0 Å². The third-order valence-electron chi connectivity index (χ3n) is 4.27. The molecule has 122 valence electrons. The van der Waals surface area contributed by atoms with Crippen LogP contribution in [0.25, 0.3) is 5.69 Å². The van der Waals surface area contributed by atoms with Gasteiger partial charge in [0.25, 0.3) is 0 Å². The lowest BCUT2D eigenvalue weighted by molar-refractivity contribution is 0.156. The predicted molar refractivity (Wildman–Crippen MR) is 94.2 cm³/mol. The van der Waals surface area contributed by atoms with Crippen molar-refractivity contribution in [2.75, 3.05) is 6.54 Å². The third-order valence-corrected chi connectivity index (χ3v) is 4.27. The normalized spacial score (nSPS) is 17.8. The Morgan fingerprint density at radius 3 is 2.75 bits per heavy atom. The Hall–Kier alpha value is -2.59. The van der Waals surface area contributed by atoms with Crippen LogP contribution in [0.4, 0.5) is 0 Å². The number of hydrogen-bond acceptors (Lipinski definition) is 3. The first-order valence-corrected chi connectivity index (χ1v) is 8.34. The minimum Gasteiger partial charge on any atom is -0.489 e. The minimum atomic E-state index is 0.179. The Morgan fingerprint density at radius 1 is 1.08 bits per heavy atom. The highest BCUT2D eigenvalue weighted by molar-refractivity contribution is 5.34. The van der Waals surface area contributed by atoms with Gasteiger partial charge in [0, 0.05) is 37.0 Å². The number of nitrogens with zero attached hydrogens (tertiary/aromatic N) is 3. The largest absolute Gasteiger partial charge is 0.489 e. The molecule has 1 atom stereocenters. The van der Waals surface area contributed by atoms with Crippen LogP contribution in [0.15, 0.2) is 67.0 Å². The van der Waals surface area contributed by atoms with Crippen LogP contribution in [-0.4, -0.2) is 27.3 Å². The maximum absolute atomic E-state index is 6.04. The summed E-state index contributed by atoms with van der Waals surface area (Å²) in [7, 11) is 0. The molecule has 0 radical (unpaired) electrons. The molecular formula is C20H21N3O. The molecule has 4 rings (SSSR count). The Labute approximate surface area is 142 Å². The summed E-state index contributed by atoms with van der Waals surface area (Å²) in [5.41, 5.74) is 3.55. The molecule has 0 fully saturated rings. The van der Waals surface area contributed by atoms with E-state index in [4.69, 9.17) is 4.74 Å². The molecule has 1 aliphatic rings. The molecule has 0 saturated carbocycles. The van der Waals surface area contributed by atoms with E-state index >= 15 is 0 Å². The number of benzene rings is 2. The van der Waals surface area contributed by atoms with E-state index in [1.165, 1.54) is 11.1 Å². The van der Waals surface area contributed by atoms with Gasteiger partial charge in [0.2, 0.25) is 0 Å². The standard InChI is InChI=1S/C20H21N3O/c1-16-12-22(15-18-7-5-6-10-20(18)24-16)13-17-11-21-23(14-17)19-8-3-2-4-9-19/h2-11,14,16H,12-13,15H2,1H3. The monoisotopic (exact) mass is 319 g/mol. The fourth-order valence-corrected chi connectivity index (χ4v) is 3.21. The molecular weight excluding hydrogens is 298 g/mol. The molecule has 0 aliphatic carbocycles. The number of rotatable bonds is 3. The van der Waals surface area contributed by atoms with Crippen molar-refractivity contribution in [1.29, 1.82) is 0 Å². The van der Waals surface area contributed by atoms with Crippen molar-refractivity contribution in [2.24, 2.45) is 0 Å². The maximum Gasteiger partial charge on any atom is 0.124 e. The van der Waals surface area contributed by atoms with Gasteiger partial charge >= 0.3 is 0 Å². The number of hydrogen-bond donors (Lipinski definition) is 0. The topological polar surface area (TPSA) is 30.3 Å². The van der Waals surface area contributed by atoms with Crippen LogP contribution in [0, 0.1) is 0 Å². The first-order chi connectivity index (χ1) is 11.8. The van der Waals surface area contributed by atoms with Crippen LogP contribution in [-0.2, 0) is 13.1 Å². The zero-order valence-electron chi connectivity index (χ0n) is 13.8. The molecule has 0 bridgehead atoms. The summed E-state index contributed by atoms with van der Waals surface area (Å²) in [6, 6.07) is 18.5. The fourth-order valence-electron chi connectivity index (χ4n) is 3.21. The van der Waals surface area contributed by atoms with Gasteiger partial charge in [-0.25, -0.2) is 4.68 Å². The van der Waals surface area contributed by atoms with Gasteiger partial charge in [-0.3, -0.25) is 4.90 Å². The number of fused-ring (bicyclic) bond motifs is 1. The molecule has 1 aliphatic heterocycles. The summed E-state index contributed by atoms with van der Waals surface area (Å²) in [4.78, 5) is 2.42. The molecule has 4 nitrogen and oxygen atoms in total. The molecule has 2 heterocycles. The summed E-state index contributed by atoms with van der Waals surface area (Å²) in [5.74, 6) is 1.01. The van der Waals surface area contributed by atoms with Crippen LogP contribution in [0.3, 0.4) is 0 Å². The lowest BCUT2D eigenvalue weighted by Crippen LogP contribution is -2.30. The quantitative estimate of drug-likeness (QED) is 0.738. The number of para-hydroxylation sites is 2. The summed E-state index contributed by atoms with van der Waals surface area (Å²) in [6.45, 7) is 4.81. The minimum absolute atomic E-state index is 0.179.